The lowest BCUT2D eigenvalue weighted by molar-refractivity contribution is 0.0692. The van der Waals surface area contributed by atoms with Gasteiger partial charge in [0.2, 0.25) is 11.5 Å². The number of oxazole rings is 1. The molecule has 1 aliphatic rings. The van der Waals surface area contributed by atoms with Gasteiger partial charge in [-0.1, -0.05) is 0 Å². The second-order valence-corrected chi connectivity index (χ2v) is 4.27. The van der Waals surface area contributed by atoms with Gasteiger partial charge >= 0.3 is 5.97 Å². The van der Waals surface area contributed by atoms with Gasteiger partial charge in [-0.2, -0.15) is 9.97 Å². The first-order valence-electron chi connectivity index (χ1n) is 6.10. The molecule has 8 heteroatoms. The van der Waals surface area contributed by atoms with E-state index in [4.69, 9.17) is 19.0 Å². The molecule has 2 aromatic heterocycles. The topological polar surface area (TPSA) is 97.9 Å². The summed E-state index contributed by atoms with van der Waals surface area (Å²) in [4.78, 5) is 21.4. The minimum atomic E-state index is -1.12. The van der Waals surface area contributed by atoms with Crippen molar-refractivity contribution in [2.24, 2.45) is 0 Å². The SMILES string of the molecule is COc1nc2nc(N3CCOCC3)oc2cc1C(=O)O. The van der Waals surface area contributed by atoms with Crippen molar-refractivity contribution in [1.82, 2.24) is 9.97 Å². The van der Waals surface area contributed by atoms with Crippen LogP contribution >= 0.6 is 0 Å². The fourth-order valence-electron chi connectivity index (χ4n) is 2.03. The van der Waals surface area contributed by atoms with Gasteiger partial charge in [0, 0.05) is 19.2 Å². The first-order valence-corrected chi connectivity index (χ1v) is 6.10. The zero-order valence-corrected chi connectivity index (χ0v) is 10.8. The van der Waals surface area contributed by atoms with E-state index in [1.807, 2.05) is 4.90 Å². The molecule has 1 saturated heterocycles. The number of hydrogen-bond donors (Lipinski definition) is 1. The summed E-state index contributed by atoms with van der Waals surface area (Å²) in [6.07, 6.45) is 0. The van der Waals surface area contributed by atoms with Gasteiger partial charge in [-0.15, -0.1) is 0 Å². The maximum Gasteiger partial charge on any atom is 0.341 e. The van der Waals surface area contributed by atoms with Crippen LogP contribution in [-0.2, 0) is 4.74 Å². The summed E-state index contributed by atoms with van der Waals surface area (Å²) in [6.45, 7) is 2.57. The van der Waals surface area contributed by atoms with Gasteiger partial charge in [0.05, 0.1) is 20.3 Å². The van der Waals surface area contributed by atoms with E-state index >= 15 is 0 Å². The molecule has 0 aromatic carbocycles. The third-order valence-corrected chi connectivity index (χ3v) is 3.04. The Balaban J connectivity index is 2.03. The molecule has 3 rings (SSSR count). The van der Waals surface area contributed by atoms with Gasteiger partial charge < -0.3 is 23.9 Å². The zero-order chi connectivity index (χ0) is 14.1. The van der Waals surface area contributed by atoms with Crippen LogP contribution in [0.2, 0.25) is 0 Å². The fourth-order valence-corrected chi connectivity index (χ4v) is 2.03. The van der Waals surface area contributed by atoms with Gasteiger partial charge in [-0.25, -0.2) is 4.79 Å². The Bertz CT molecular complexity index is 648. The van der Waals surface area contributed by atoms with Crippen molar-refractivity contribution in [3.8, 4) is 5.88 Å². The van der Waals surface area contributed by atoms with E-state index in [0.717, 1.165) is 0 Å². The van der Waals surface area contributed by atoms with E-state index in [2.05, 4.69) is 9.97 Å². The Morgan fingerprint density at radius 2 is 2.15 bits per heavy atom. The van der Waals surface area contributed by atoms with Crippen molar-refractivity contribution in [3.63, 3.8) is 0 Å². The summed E-state index contributed by atoms with van der Waals surface area (Å²) >= 11 is 0. The van der Waals surface area contributed by atoms with Gasteiger partial charge in [-0.05, 0) is 0 Å². The zero-order valence-electron chi connectivity index (χ0n) is 10.8. The molecule has 0 aliphatic carbocycles. The summed E-state index contributed by atoms with van der Waals surface area (Å²) < 4.78 is 15.8. The van der Waals surface area contributed by atoms with E-state index in [9.17, 15) is 4.79 Å². The highest BCUT2D eigenvalue weighted by molar-refractivity contribution is 5.93. The van der Waals surface area contributed by atoms with E-state index in [1.54, 1.807) is 0 Å². The Kier molecular flexibility index (Phi) is 3.15. The Morgan fingerprint density at radius 1 is 1.40 bits per heavy atom. The van der Waals surface area contributed by atoms with Crippen LogP contribution in [0.1, 0.15) is 10.4 Å². The molecule has 1 aliphatic heterocycles. The van der Waals surface area contributed by atoms with Crippen LogP contribution in [0.15, 0.2) is 10.5 Å². The van der Waals surface area contributed by atoms with E-state index in [1.165, 1.54) is 13.2 Å². The largest absolute Gasteiger partial charge is 0.480 e. The predicted octanol–water partition coefficient (Wildman–Crippen LogP) is 0.766. The van der Waals surface area contributed by atoms with Crippen molar-refractivity contribution in [1.29, 1.82) is 0 Å². The molecule has 1 fully saturated rings. The summed E-state index contributed by atoms with van der Waals surface area (Å²) in [7, 11) is 1.36. The number of rotatable bonds is 3. The molecule has 20 heavy (non-hydrogen) atoms. The number of morpholine rings is 1. The molecule has 0 atom stereocenters. The summed E-state index contributed by atoms with van der Waals surface area (Å²) in [5.41, 5.74) is 0.600. The van der Waals surface area contributed by atoms with Gasteiger partial charge in [0.25, 0.3) is 6.01 Å². The number of ether oxygens (including phenoxy) is 2. The number of anilines is 1. The van der Waals surface area contributed by atoms with Gasteiger partial charge in [-0.3, -0.25) is 0 Å². The normalized spacial score (nSPS) is 15.6. The van der Waals surface area contributed by atoms with Crippen molar-refractivity contribution in [3.05, 3.63) is 11.6 Å². The van der Waals surface area contributed by atoms with Crippen LogP contribution in [0, 0.1) is 0 Å². The van der Waals surface area contributed by atoms with Gasteiger partial charge in [0.1, 0.15) is 5.56 Å². The first kappa shape index (κ1) is 12.7. The molecule has 3 heterocycles. The van der Waals surface area contributed by atoms with Crippen molar-refractivity contribution in [2.45, 2.75) is 0 Å². The van der Waals surface area contributed by atoms with E-state index in [-0.39, 0.29) is 11.4 Å². The number of pyridine rings is 1. The summed E-state index contributed by atoms with van der Waals surface area (Å²) in [6, 6.07) is 1.79. The number of methoxy groups -OCH3 is 1. The molecular formula is C12H13N3O5. The van der Waals surface area contributed by atoms with E-state index in [0.29, 0.717) is 43.5 Å². The molecule has 1 N–H and O–H groups in total. The molecule has 0 radical (unpaired) electrons. The molecule has 0 amide bonds. The maximum atomic E-state index is 11.1. The Labute approximate surface area is 113 Å². The molecule has 0 bridgehead atoms. The van der Waals surface area contributed by atoms with E-state index < -0.39 is 5.97 Å². The van der Waals surface area contributed by atoms with Crippen LogP contribution in [0.4, 0.5) is 6.01 Å². The van der Waals surface area contributed by atoms with Crippen LogP contribution in [0.25, 0.3) is 11.2 Å². The second-order valence-electron chi connectivity index (χ2n) is 4.27. The Morgan fingerprint density at radius 3 is 2.80 bits per heavy atom. The molecular weight excluding hydrogens is 266 g/mol. The minimum Gasteiger partial charge on any atom is -0.480 e. The summed E-state index contributed by atoms with van der Waals surface area (Å²) in [5.74, 6) is -1.10. The van der Waals surface area contributed by atoms with Crippen LogP contribution in [0.3, 0.4) is 0 Å². The lowest BCUT2D eigenvalue weighted by Crippen LogP contribution is -2.36. The number of hydrogen-bond acceptors (Lipinski definition) is 7. The average Bonchev–Trinajstić information content (AvgIpc) is 2.89. The highest BCUT2D eigenvalue weighted by atomic mass is 16.5. The number of carboxylic acids is 1. The molecule has 2 aromatic rings. The number of carbonyl (C=O) groups is 1. The molecule has 8 nitrogen and oxygen atoms in total. The number of carboxylic acid groups (broad SMARTS) is 1. The number of aromatic carboxylic acids is 1. The Hall–Kier alpha value is -2.35. The average molecular weight is 279 g/mol. The van der Waals surface area contributed by atoms with Crippen LogP contribution in [0.5, 0.6) is 5.88 Å². The number of aromatic nitrogens is 2. The van der Waals surface area contributed by atoms with Gasteiger partial charge in [0.15, 0.2) is 5.58 Å². The fraction of sp³-hybridized carbons (Fsp3) is 0.417. The predicted molar refractivity (Wildman–Crippen MR) is 68.3 cm³/mol. The van der Waals surface area contributed by atoms with Crippen LogP contribution in [-0.4, -0.2) is 54.5 Å². The smallest absolute Gasteiger partial charge is 0.341 e. The highest BCUT2D eigenvalue weighted by Crippen LogP contribution is 2.26. The molecule has 0 saturated carbocycles. The van der Waals surface area contributed by atoms with Crippen LogP contribution < -0.4 is 9.64 Å². The maximum absolute atomic E-state index is 11.1. The number of nitrogens with zero attached hydrogens (tertiary/aromatic N) is 3. The highest BCUT2D eigenvalue weighted by Gasteiger charge is 2.21. The third kappa shape index (κ3) is 2.14. The minimum absolute atomic E-state index is 0.0202. The molecule has 0 spiro atoms. The lowest BCUT2D eigenvalue weighted by Gasteiger charge is -2.24. The lowest BCUT2D eigenvalue weighted by atomic mass is 10.2. The molecule has 106 valence electrons. The molecule has 0 unspecified atom stereocenters. The number of fused-ring (bicyclic) bond motifs is 1. The first-order chi connectivity index (χ1) is 9.69. The monoisotopic (exact) mass is 279 g/mol. The quantitative estimate of drug-likeness (QED) is 0.879. The van der Waals surface area contributed by atoms with Crippen molar-refractivity contribution >= 4 is 23.2 Å². The summed E-state index contributed by atoms with van der Waals surface area (Å²) in [5, 5.41) is 9.10. The van der Waals surface area contributed by atoms with Crippen molar-refractivity contribution < 1.29 is 23.8 Å². The standard InChI is InChI=1S/C12H13N3O5/c1-18-10-7(11(16)17)6-8-9(13-10)14-12(20-8)15-2-4-19-5-3-15/h6H,2-5H2,1H3,(H,16,17). The van der Waals surface area contributed by atoms with Crippen molar-refractivity contribution in [2.75, 3.05) is 38.3 Å². The second kappa shape index (κ2) is 4.97. The third-order valence-electron chi connectivity index (χ3n) is 3.04.